The Kier molecular flexibility index (Phi) is 6.25. The van der Waals surface area contributed by atoms with E-state index >= 15 is 0 Å². The lowest BCUT2D eigenvalue weighted by Gasteiger charge is -2.18. The Morgan fingerprint density at radius 1 is 1.10 bits per heavy atom. The maximum atomic E-state index is 12.9. The van der Waals surface area contributed by atoms with Gasteiger partial charge in [0.2, 0.25) is 5.91 Å². The number of carbonyl (C=O) groups excluding carboxylic acids is 2. The van der Waals surface area contributed by atoms with Gasteiger partial charge in [-0.3, -0.25) is 14.6 Å². The summed E-state index contributed by atoms with van der Waals surface area (Å²) in [6.45, 7) is 1.63. The zero-order chi connectivity index (χ0) is 21.1. The van der Waals surface area contributed by atoms with Crippen molar-refractivity contribution in [3.63, 3.8) is 0 Å². The Morgan fingerprint density at radius 3 is 2.55 bits per heavy atom. The molecular weight excluding hydrogens is 413 g/mol. The van der Waals surface area contributed by atoms with Crippen LogP contribution in [-0.2, 0) is 4.79 Å². The highest BCUT2D eigenvalue weighted by Gasteiger charge is 2.19. The number of fused-ring (bicyclic) bond motifs is 1. The van der Waals surface area contributed by atoms with Crippen molar-refractivity contribution in [2.24, 2.45) is 0 Å². The molecule has 0 spiro atoms. The lowest BCUT2D eigenvalue weighted by molar-refractivity contribution is -0.116. The number of nitrogens with one attached hydrogen (secondary N) is 1. The Morgan fingerprint density at radius 2 is 1.86 bits per heavy atom. The summed E-state index contributed by atoms with van der Waals surface area (Å²) in [5, 5.41) is 4.25. The minimum Gasteiger partial charge on any atom is -0.497 e. The highest BCUT2D eigenvalue weighted by molar-refractivity contribution is 6.42. The van der Waals surface area contributed by atoms with Crippen LogP contribution in [-0.4, -0.2) is 42.4 Å². The lowest BCUT2D eigenvalue weighted by atomic mass is 10.1. The number of pyridine rings is 1. The van der Waals surface area contributed by atoms with Crippen LogP contribution in [0.25, 0.3) is 10.9 Å². The fraction of sp³-hybridized carbons (Fsp3) is 0.190. The molecule has 8 heteroatoms. The van der Waals surface area contributed by atoms with E-state index in [9.17, 15) is 9.59 Å². The van der Waals surface area contributed by atoms with E-state index in [0.717, 1.165) is 10.9 Å². The third kappa shape index (κ3) is 4.78. The molecule has 29 heavy (non-hydrogen) atoms. The quantitative estimate of drug-likeness (QED) is 0.641. The molecule has 0 bridgehead atoms. The van der Waals surface area contributed by atoms with Crippen LogP contribution >= 0.6 is 23.2 Å². The fourth-order valence-electron chi connectivity index (χ4n) is 2.85. The molecule has 0 saturated heterocycles. The van der Waals surface area contributed by atoms with Crippen LogP contribution in [0.4, 0.5) is 5.69 Å². The number of rotatable bonds is 5. The molecule has 0 radical (unpaired) electrons. The first-order valence-electron chi connectivity index (χ1n) is 8.74. The molecule has 3 aromatic rings. The Balaban J connectivity index is 1.74. The van der Waals surface area contributed by atoms with E-state index in [0.29, 0.717) is 32.7 Å². The number of benzene rings is 2. The zero-order valence-electron chi connectivity index (χ0n) is 16.1. The number of halogens is 2. The summed E-state index contributed by atoms with van der Waals surface area (Å²) >= 11 is 11.8. The summed E-state index contributed by atoms with van der Waals surface area (Å²) in [7, 11) is 3.15. The van der Waals surface area contributed by atoms with Gasteiger partial charge in [0.05, 0.1) is 40.5 Å². The molecule has 0 saturated carbocycles. The number of amides is 2. The van der Waals surface area contributed by atoms with Crippen molar-refractivity contribution in [3.8, 4) is 5.75 Å². The summed E-state index contributed by atoms with van der Waals surface area (Å²) in [5.41, 5.74) is 2.25. The smallest absolute Gasteiger partial charge is 0.255 e. The van der Waals surface area contributed by atoms with E-state index in [4.69, 9.17) is 27.9 Å². The number of aryl methyl sites for hydroxylation is 1. The first-order valence-corrected chi connectivity index (χ1v) is 9.50. The molecule has 1 heterocycles. The van der Waals surface area contributed by atoms with E-state index < -0.39 is 0 Å². The SMILES string of the molecule is COc1ccc2cc(C(=O)N(C)CC(=O)Nc3ccc(Cl)c(Cl)c3)c(C)nc2c1. The predicted octanol–water partition coefficient (Wildman–Crippen LogP) is 4.57. The van der Waals surface area contributed by atoms with Crippen LogP contribution in [0, 0.1) is 6.92 Å². The number of hydrogen-bond acceptors (Lipinski definition) is 4. The van der Waals surface area contributed by atoms with Crippen molar-refractivity contribution in [2.75, 3.05) is 26.0 Å². The first-order chi connectivity index (χ1) is 13.8. The average Bonchev–Trinajstić information content (AvgIpc) is 2.69. The maximum absolute atomic E-state index is 12.9. The second kappa shape index (κ2) is 8.68. The number of methoxy groups -OCH3 is 1. The van der Waals surface area contributed by atoms with Gasteiger partial charge >= 0.3 is 0 Å². The number of carbonyl (C=O) groups is 2. The summed E-state index contributed by atoms with van der Waals surface area (Å²) in [6, 6.07) is 12.0. The van der Waals surface area contributed by atoms with Crippen molar-refractivity contribution >= 4 is 51.6 Å². The van der Waals surface area contributed by atoms with E-state index in [1.807, 2.05) is 18.2 Å². The van der Waals surface area contributed by atoms with Crippen molar-refractivity contribution in [1.82, 2.24) is 9.88 Å². The van der Waals surface area contributed by atoms with Gasteiger partial charge in [0.1, 0.15) is 5.75 Å². The van der Waals surface area contributed by atoms with Crippen molar-refractivity contribution in [1.29, 1.82) is 0 Å². The predicted molar refractivity (Wildman–Crippen MR) is 115 cm³/mol. The van der Waals surface area contributed by atoms with Gasteiger partial charge < -0.3 is 15.0 Å². The lowest BCUT2D eigenvalue weighted by Crippen LogP contribution is -2.35. The topological polar surface area (TPSA) is 71.5 Å². The first kappa shape index (κ1) is 20.9. The van der Waals surface area contributed by atoms with E-state index in [2.05, 4.69) is 10.3 Å². The summed E-state index contributed by atoms with van der Waals surface area (Å²) in [4.78, 5) is 31.0. The molecule has 0 fully saturated rings. The number of aromatic nitrogens is 1. The summed E-state index contributed by atoms with van der Waals surface area (Å²) < 4.78 is 5.21. The molecule has 0 aliphatic heterocycles. The number of anilines is 1. The maximum Gasteiger partial charge on any atom is 0.255 e. The molecule has 0 aliphatic carbocycles. The number of hydrogen-bond donors (Lipinski definition) is 1. The number of likely N-dealkylation sites (N-methyl/N-ethyl adjacent to an activating group) is 1. The molecule has 0 aliphatic rings. The molecule has 1 N–H and O–H groups in total. The second-order valence-corrected chi connectivity index (χ2v) is 7.33. The Hall–Kier alpha value is -2.83. The normalized spacial score (nSPS) is 10.7. The standard InChI is InChI=1S/C21H19Cl2N3O3/c1-12-16(8-13-4-6-15(29-3)10-19(13)24-12)21(28)26(2)11-20(27)25-14-5-7-17(22)18(23)9-14/h4-10H,11H2,1-3H3,(H,25,27). The van der Waals surface area contributed by atoms with Gasteiger partial charge in [-0.2, -0.15) is 0 Å². The van der Waals surface area contributed by atoms with Gasteiger partial charge in [0.25, 0.3) is 5.91 Å². The highest BCUT2D eigenvalue weighted by atomic mass is 35.5. The minimum atomic E-state index is -0.352. The second-order valence-electron chi connectivity index (χ2n) is 6.52. The molecule has 150 valence electrons. The highest BCUT2D eigenvalue weighted by Crippen LogP contribution is 2.25. The third-order valence-corrected chi connectivity index (χ3v) is 5.12. The van der Waals surface area contributed by atoms with Crippen molar-refractivity contribution in [2.45, 2.75) is 6.92 Å². The fourth-order valence-corrected chi connectivity index (χ4v) is 3.15. The van der Waals surface area contributed by atoms with E-state index in [1.165, 1.54) is 4.90 Å². The van der Waals surface area contributed by atoms with Crippen LogP contribution in [0.15, 0.2) is 42.5 Å². The van der Waals surface area contributed by atoms with Gasteiger partial charge in [-0.05, 0) is 43.3 Å². The summed E-state index contributed by atoms with van der Waals surface area (Å²) in [5.74, 6) is 0.0481. The Bertz CT molecular complexity index is 1100. The number of ether oxygens (including phenoxy) is 1. The molecule has 2 amide bonds. The third-order valence-electron chi connectivity index (χ3n) is 4.38. The molecule has 6 nitrogen and oxygen atoms in total. The average molecular weight is 432 g/mol. The molecule has 3 rings (SSSR count). The van der Waals surface area contributed by atoms with Gasteiger partial charge in [0, 0.05) is 24.2 Å². The van der Waals surface area contributed by atoms with Gasteiger partial charge in [-0.15, -0.1) is 0 Å². The molecule has 0 unspecified atom stereocenters. The largest absolute Gasteiger partial charge is 0.497 e. The van der Waals surface area contributed by atoms with Crippen LogP contribution in [0.2, 0.25) is 10.0 Å². The monoisotopic (exact) mass is 431 g/mol. The molecular formula is C21H19Cl2N3O3. The molecule has 0 atom stereocenters. The van der Waals surface area contributed by atoms with Crippen LogP contribution in [0.1, 0.15) is 16.1 Å². The van der Waals surface area contributed by atoms with Gasteiger partial charge in [-0.1, -0.05) is 23.2 Å². The van der Waals surface area contributed by atoms with Gasteiger partial charge in [0.15, 0.2) is 0 Å². The van der Waals surface area contributed by atoms with Crippen molar-refractivity contribution < 1.29 is 14.3 Å². The molecule has 1 aromatic heterocycles. The molecule has 2 aromatic carbocycles. The van der Waals surface area contributed by atoms with E-state index in [-0.39, 0.29) is 18.4 Å². The zero-order valence-corrected chi connectivity index (χ0v) is 17.6. The summed E-state index contributed by atoms with van der Waals surface area (Å²) in [6.07, 6.45) is 0. The van der Waals surface area contributed by atoms with Gasteiger partial charge in [-0.25, -0.2) is 0 Å². The van der Waals surface area contributed by atoms with Crippen LogP contribution in [0.3, 0.4) is 0 Å². The Labute approximate surface area is 178 Å². The minimum absolute atomic E-state index is 0.126. The van der Waals surface area contributed by atoms with Crippen molar-refractivity contribution in [3.05, 3.63) is 63.8 Å². The van der Waals surface area contributed by atoms with Crippen LogP contribution in [0.5, 0.6) is 5.75 Å². The number of nitrogens with zero attached hydrogens (tertiary/aromatic N) is 2. The van der Waals surface area contributed by atoms with Crippen LogP contribution < -0.4 is 10.1 Å². The van der Waals surface area contributed by atoms with E-state index in [1.54, 1.807) is 45.3 Å².